The van der Waals surface area contributed by atoms with Crippen molar-refractivity contribution in [3.05, 3.63) is 18.2 Å². The lowest BCUT2D eigenvalue weighted by Gasteiger charge is -2.19. The van der Waals surface area contributed by atoms with Crippen LogP contribution in [0, 0.1) is 5.92 Å². The van der Waals surface area contributed by atoms with Gasteiger partial charge in [-0.25, -0.2) is 13.1 Å². The predicted molar refractivity (Wildman–Crippen MR) is 105 cm³/mol. The highest BCUT2D eigenvalue weighted by molar-refractivity contribution is 7.99. The molecule has 0 aliphatic carbocycles. The number of benzene rings is 1. The molecular weight excluding hydrogens is 370 g/mol. The Morgan fingerprint density at radius 2 is 1.96 bits per heavy atom. The lowest BCUT2D eigenvalue weighted by Crippen LogP contribution is -2.35. The van der Waals surface area contributed by atoms with Crippen LogP contribution < -0.4 is 10.0 Å². The van der Waals surface area contributed by atoms with Crippen LogP contribution in [0.4, 0.5) is 5.69 Å². The van der Waals surface area contributed by atoms with E-state index >= 15 is 0 Å². The molecule has 1 aromatic rings. The Morgan fingerprint density at radius 3 is 2.69 bits per heavy atom. The van der Waals surface area contributed by atoms with Crippen LogP contribution in [0.2, 0.25) is 0 Å². The Hall–Kier alpha value is -1.09. The first-order chi connectivity index (χ1) is 12.5. The van der Waals surface area contributed by atoms with Crippen molar-refractivity contribution in [3.63, 3.8) is 0 Å². The van der Waals surface area contributed by atoms with Crippen LogP contribution in [0.25, 0.3) is 0 Å². The molecule has 2 aliphatic rings. The molecule has 1 atom stereocenters. The van der Waals surface area contributed by atoms with Gasteiger partial charge in [-0.05, 0) is 44.1 Å². The lowest BCUT2D eigenvalue weighted by molar-refractivity contribution is -0.118. The number of amides is 1. The summed E-state index contributed by atoms with van der Waals surface area (Å²) < 4.78 is 27.9. The Labute approximate surface area is 160 Å². The molecule has 0 bridgehead atoms. The standard InChI is InChI=1S/C18H27N3O3S2/c1-14-13-25-17-7-6-15(12-16(17)20-18(14)22)26(23,24)19-8-11-21-9-4-2-3-5-10-21/h6-7,12,14,19H,2-5,8-11,13H2,1H3,(H,20,22)/t14-/m1/s1. The predicted octanol–water partition coefficient (Wildman–Crippen LogP) is 2.52. The second-order valence-electron chi connectivity index (χ2n) is 7.01. The SMILES string of the molecule is C[C@@H]1CSc2ccc(S(=O)(=O)NCCN3CCCCCC3)cc2NC1=O. The molecule has 3 rings (SSSR count). The minimum atomic E-state index is -3.58. The summed E-state index contributed by atoms with van der Waals surface area (Å²) in [6.45, 7) is 5.09. The number of sulfonamides is 1. The fourth-order valence-electron chi connectivity index (χ4n) is 3.23. The summed E-state index contributed by atoms with van der Waals surface area (Å²) in [4.78, 5) is 15.4. The van der Waals surface area contributed by atoms with Gasteiger partial charge in [-0.3, -0.25) is 4.79 Å². The molecule has 1 fully saturated rings. The molecular formula is C18H27N3O3S2. The van der Waals surface area contributed by atoms with E-state index in [1.165, 1.54) is 25.7 Å². The zero-order valence-electron chi connectivity index (χ0n) is 15.2. The molecule has 2 heterocycles. The molecule has 0 spiro atoms. The summed E-state index contributed by atoms with van der Waals surface area (Å²) in [5.41, 5.74) is 0.583. The average Bonchev–Trinajstić information content (AvgIpc) is 2.95. The molecule has 1 saturated heterocycles. The van der Waals surface area contributed by atoms with Gasteiger partial charge < -0.3 is 10.2 Å². The highest BCUT2D eigenvalue weighted by Gasteiger charge is 2.23. The van der Waals surface area contributed by atoms with E-state index in [0.29, 0.717) is 18.0 Å². The Balaban J connectivity index is 1.64. The molecule has 2 N–H and O–H groups in total. The fraction of sp³-hybridized carbons (Fsp3) is 0.611. The van der Waals surface area contributed by atoms with Gasteiger partial charge in [0.1, 0.15) is 0 Å². The largest absolute Gasteiger partial charge is 0.325 e. The van der Waals surface area contributed by atoms with Gasteiger partial charge >= 0.3 is 0 Å². The van der Waals surface area contributed by atoms with Crippen molar-refractivity contribution >= 4 is 33.4 Å². The lowest BCUT2D eigenvalue weighted by atomic mass is 10.2. The highest BCUT2D eigenvalue weighted by atomic mass is 32.2. The van der Waals surface area contributed by atoms with Gasteiger partial charge in [0.05, 0.1) is 10.6 Å². The molecule has 26 heavy (non-hydrogen) atoms. The molecule has 6 nitrogen and oxygen atoms in total. The first-order valence-electron chi connectivity index (χ1n) is 9.25. The van der Waals surface area contributed by atoms with E-state index in [2.05, 4.69) is 14.9 Å². The Bertz CT molecular complexity index is 744. The van der Waals surface area contributed by atoms with Crippen LogP contribution in [0.15, 0.2) is 28.0 Å². The third kappa shape index (κ3) is 5.00. The van der Waals surface area contributed by atoms with E-state index in [0.717, 1.165) is 24.5 Å². The number of anilines is 1. The summed E-state index contributed by atoms with van der Waals surface area (Å²) in [5, 5.41) is 2.84. The van der Waals surface area contributed by atoms with Gasteiger partial charge in [0, 0.05) is 29.7 Å². The Kier molecular flexibility index (Phi) is 6.60. The van der Waals surface area contributed by atoms with Crippen LogP contribution in [-0.4, -0.2) is 51.2 Å². The van der Waals surface area contributed by atoms with Gasteiger partial charge in [0.25, 0.3) is 0 Å². The number of rotatable bonds is 5. The number of likely N-dealkylation sites (tertiary alicyclic amines) is 1. The number of hydrogen-bond donors (Lipinski definition) is 2. The van der Waals surface area contributed by atoms with Gasteiger partial charge in [0.2, 0.25) is 15.9 Å². The third-order valence-electron chi connectivity index (χ3n) is 4.87. The topological polar surface area (TPSA) is 78.5 Å². The number of carbonyl (C=O) groups is 1. The fourth-order valence-corrected chi connectivity index (χ4v) is 5.28. The van der Waals surface area contributed by atoms with Crippen molar-refractivity contribution < 1.29 is 13.2 Å². The number of nitrogens with zero attached hydrogens (tertiary/aromatic N) is 1. The van der Waals surface area contributed by atoms with Crippen molar-refractivity contribution in [2.45, 2.75) is 42.4 Å². The van der Waals surface area contributed by atoms with Crippen molar-refractivity contribution in [1.29, 1.82) is 0 Å². The van der Waals surface area contributed by atoms with Crippen molar-refractivity contribution in [3.8, 4) is 0 Å². The maximum absolute atomic E-state index is 12.6. The minimum Gasteiger partial charge on any atom is -0.325 e. The molecule has 1 aromatic carbocycles. The normalized spacial score (nSPS) is 22.2. The van der Waals surface area contributed by atoms with E-state index < -0.39 is 10.0 Å². The summed E-state index contributed by atoms with van der Waals surface area (Å²) in [6, 6.07) is 4.95. The number of fused-ring (bicyclic) bond motifs is 1. The maximum Gasteiger partial charge on any atom is 0.240 e. The average molecular weight is 398 g/mol. The molecule has 0 aromatic heterocycles. The highest BCUT2D eigenvalue weighted by Crippen LogP contribution is 2.34. The second-order valence-corrected chi connectivity index (χ2v) is 9.84. The minimum absolute atomic E-state index is 0.0695. The zero-order valence-corrected chi connectivity index (χ0v) is 16.8. The van der Waals surface area contributed by atoms with Gasteiger partial charge in [-0.2, -0.15) is 0 Å². The summed E-state index contributed by atoms with van der Waals surface area (Å²) in [6.07, 6.45) is 4.90. The van der Waals surface area contributed by atoms with E-state index in [-0.39, 0.29) is 16.7 Å². The monoisotopic (exact) mass is 397 g/mol. The number of carbonyl (C=O) groups excluding carboxylic acids is 1. The van der Waals surface area contributed by atoms with Crippen LogP contribution >= 0.6 is 11.8 Å². The zero-order chi connectivity index (χ0) is 18.6. The van der Waals surface area contributed by atoms with Crippen LogP contribution in [0.5, 0.6) is 0 Å². The van der Waals surface area contributed by atoms with Crippen molar-refractivity contribution in [2.24, 2.45) is 5.92 Å². The first-order valence-corrected chi connectivity index (χ1v) is 11.7. The smallest absolute Gasteiger partial charge is 0.240 e. The first kappa shape index (κ1) is 19.7. The summed E-state index contributed by atoms with van der Waals surface area (Å²) in [7, 11) is -3.58. The van der Waals surface area contributed by atoms with Gasteiger partial charge in [-0.15, -0.1) is 11.8 Å². The van der Waals surface area contributed by atoms with E-state index in [4.69, 9.17) is 0 Å². The Morgan fingerprint density at radius 1 is 1.23 bits per heavy atom. The maximum atomic E-state index is 12.6. The molecule has 2 aliphatic heterocycles. The van der Waals surface area contributed by atoms with Crippen LogP contribution in [-0.2, 0) is 14.8 Å². The van der Waals surface area contributed by atoms with Crippen LogP contribution in [0.1, 0.15) is 32.6 Å². The van der Waals surface area contributed by atoms with Gasteiger partial charge in [-0.1, -0.05) is 19.8 Å². The molecule has 0 unspecified atom stereocenters. The molecule has 144 valence electrons. The number of thioether (sulfide) groups is 1. The number of hydrogen-bond acceptors (Lipinski definition) is 5. The van der Waals surface area contributed by atoms with E-state index in [1.54, 1.807) is 30.0 Å². The third-order valence-corrected chi connectivity index (χ3v) is 7.67. The number of nitrogens with one attached hydrogen (secondary N) is 2. The van der Waals surface area contributed by atoms with Crippen molar-refractivity contribution in [1.82, 2.24) is 9.62 Å². The van der Waals surface area contributed by atoms with E-state index in [9.17, 15) is 13.2 Å². The molecule has 0 saturated carbocycles. The second kappa shape index (κ2) is 8.73. The summed E-state index contributed by atoms with van der Waals surface area (Å²) >= 11 is 1.57. The van der Waals surface area contributed by atoms with E-state index in [1.807, 2.05) is 6.92 Å². The molecule has 1 amide bonds. The molecule has 8 heteroatoms. The molecule has 0 radical (unpaired) electrons. The van der Waals surface area contributed by atoms with Crippen LogP contribution in [0.3, 0.4) is 0 Å². The quantitative estimate of drug-likeness (QED) is 0.798. The van der Waals surface area contributed by atoms with Crippen molar-refractivity contribution in [2.75, 3.05) is 37.2 Å². The summed E-state index contributed by atoms with van der Waals surface area (Å²) in [5.74, 6) is 0.526. The van der Waals surface area contributed by atoms with Gasteiger partial charge in [0.15, 0.2) is 0 Å².